The number of fused-ring (bicyclic) bond motifs is 7. The van der Waals surface area contributed by atoms with Gasteiger partial charge in [0.25, 0.3) is 0 Å². The lowest BCUT2D eigenvalue weighted by Gasteiger charge is -2.26. The van der Waals surface area contributed by atoms with Crippen molar-refractivity contribution in [3.63, 3.8) is 0 Å². The van der Waals surface area contributed by atoms with Gasteiger partial charge in [0, 0.05) is 44.3 Å². The predicted octanol–water partition coefficient (Wildman–Crippen LogP) is 19.6. The molecule has 342 valence electrons. The van der Waals surface area contributed by atoms with E-state index >= 15 is 0 Å². The summed E-state index contributed by atoms with van der Waals surface area (Å²) < 4.78 is 8.47. The molecule has 0 saturated carbocycles. The molecule has 0 saturated heterocycles. The van der Waals surface area contributed by atoms with Gasteiger partial charge in [-0.1, -0.05) is 188 Å². The van der Waals surface area contributed by atoms with Crippen LogP contribution in [0.1, 0.15) is 0 Å². The number of hydrogen-bond donors (Lipinski definition) is 0. The van der Waals surface area contributed by atoms with E-state index < -0.39 is 0 Å². The van der Waals surface area contributed by atoms with E-state index in [0.717, 1.165) is 44.6 Å². The van der Waals surface area contributed by atoms with Crippen molar-refractivity contribution in [1.29, 1.82) is 0 Å². The Balaban J connectivity index is 0.763. The monoisotopic (exact) mass is 930 g/mol. The van der Waals surface area contributed by atoms with Gasteiger partial charge in [-0.2, -0.15) is 0 Å². The molecule has 3 heteroatoms. The lowest BCUT2D eigenvalue weighted by Crippen LogP contribution is -2.09. The van der Waals surface area contributed by atoms with Crippen LogP contribution < -0.4 is 4.90 Å². The van der Waals surface area contributed by atoms with Crippen molar-refractivity contribution in [2.75, 3.05) is 4.90 Å². The first kappa shape index (κ1) is 42.2. The summed E-state index contributed by atoms with van der Waals surface area (Å²) in [7, 11) is 0. The van der Waals surface area contributed by atoms with Crippen molar-refractivity contribution >= 4 is 71.6 Å². The molecule has 0 aliphatic heterocycles. The third-order valence-electron chi connectivity index (χ3n) is 14.6. The van der Waals surface area contributed by atoms with Crippen molar-refractivity contribution < 1.29 is 4.42 Å². The van der Waals surface area contributed by atoms with Crippen LogP contribution in [0.25, 0.3) is 116 Å². The Bertz CT molecular complexity index is 4320. The molecule has 73 heavy (non-hydrogen) atoms. The molecule has 2 aromatic heterocycles. The second kappa shape index (κ2) is 17.6. The van der Waals surface area contributed by atoms with E-state index in [9.17, 15) is 0 Å². The summed E-state index contributed by atoms with van der Waals surface area (Å²) in [6.45, 7) is 0. The molecule has 0 aliphatic carbocycles. The van der Waals surface area contributed by atoms with Gasteiger partial charge in [0.05, 0.1) is 11.0 Å². The van der Waals surface area contributed by atoms with Crippen molar-refractivity contribution in [2.45, 2.75) is 0 Å². The molecule has 0 bridgehead atoms. The van der Waals surface area contributed by atoms with E-state index in [2.05, 4.69) is 276 Å². The SMILES string of the molecule is c1ccc(-n2c3ccccc3c3cc(-c4ccc(-c5ccc(N(c6ccc(-c7ccc(-c8ccc9oc%10ccccc%10c9c8)cc7)cc6)c6ccc(-c7ccc8ccccc8c7)cc6)cc5)cc4)ccc32)cc1. The second-order valence-electron chi connectivity index (χ2n) is 18.9. The maximum absolute atomic E-state index is 6.10. The van der Waals surface area contributed by atoms with Crippen LogP contribution in [0.2, 0.25) is 0 Å². The van der Waals surface area contributed by atoms with Gasteiger partial charge in [-0.25, -0.2) is 0 Å². The molecule has 0 atom stereocenters. The first-order valence-electron chi connectivity index (χ1n) is 25.0. The number of aromatic nitrogens is 1. The van der Waals surface area contributed by atoms with E-state index in [1.54, 1.807) is 0 Å². The fraction of sp³-hybridized carbons (Fsp3) is 0. The fourth-order valence-electron chi connectivity index (χ4n) is 10.8. The van der Waals surface area contributed by atoms with Crippen molar-refractivity contribution in [2.24, 2.45) is 0 Å². The van der Waals surface area contributed by atoms with E-state index in [4.69, 9.17) is 4.42 Å². The quantitative estimate of drug-likeness (QED) is 0.144. The summed E-state index contributed by atoms with van der Waals surface area (Å²) in [6.07, 6.45) is 0. The highest BCUT2D eigenvalue weighted by Crippen LogP contribution is 2.40. The Kier molecular flexibility index (Phi) is 10.2. The summed E-state index contributed by atoms with van der Waals surface area (Å²) in [5.74, 6) is 0. The number of rotatable bonds is 9. The van der Waals surface area contributed by atoms with Crippen LogP contribution >= 0.6 is 0 Å². The average molecular weight is 931 g/mol. The Labute approximate surface area is 423 Å². The van der Waals surface area contributed by atoms with Crippen LogP contribution in [0.4, 0.5) is 17.1 Å². The van der Waals surface area contributed by atoms with Gasteiger partial charge in [-0.15, -0.1) is 0 Å². The third kappa shape index (κ3) is 7.63. The zero-order valence-electron chi connectivity index (χ0n) is 39.9. The maximum Gasteiger partial charge on any atom is 0.135 e. The van der Waals surface area contributed by atoms with Gasteiger partial charge < -0.3 is 13.9 Å². The van der Waals surface area contributed by atoms with Gasteiger partial charge in [0.1, 0.15) is 11.2 Å². The first-order valence-corrected chi connectivity index (χ1v) is 25.0. The summed E-state index contributed by atoms with van der Waals surface area (Å²) >= 11 is 0. The first-order chi connectivity index (χ1) is 36.1. The number of para-hydroxylation sites is 3. The summed E-state index contributed by atoms with van der Waals surface area (Å²) in [6, 6.07) is 101. The van der Waals surface area contributed by atoms with Crippen LogP contribution in [-0.4, -0.2) is 4.57 Å². The smallest absolute Gasteiger partial charge is 0.135 e. The standard InChI is InChI=1S/C70H46N2O/c1-2-12-59(13-3-1)72-67-16-8-6-14-63(67)65-45-57(34-42-68(65)72)52-22-18-48(19-23-52)50-28-36-60(37-29-50)71(62-40-32-54(33-41-62)56-27-26-47-10-4-5-11-55(47)44-56)61-38-30-51(31-39-61)49-20-24-53(25-21-49)58-35-43-70-66(46-58)64-15-7-9-17-69(64)73-70/h1-46H. The zero-order valence-corrected chi connectivity index (χ0v) is 39.9. The highest BCUT2D eigenvalue weighted by atomic mass is 16.3. The van der Waals surface area contributed by atoms with E-state index in [-0.39, 0.29) is 0 Å². The van der Waals surface area contributed by atoms with Crippen LogP contribution in [-0.2, 0) is 0 Å². The number of hydrogen-bond acceptors (Lipinski definition) is 2. The molecule has 0 unspecified atom stereocenters. The Hall–Kier alpha value is -9.70. The summed E-state index contributed by atoms with van der Waals surface area (Å²) in [5.41, 5.74) is 20.5. The molecule has 0 amide bonds. The van der Waals surface area contributed by atoms with Crippen LogP contribution in [0.5, 0.6) is 0 Å². The molecule has 0 aliphatic rings. The lowest BCUT2D eigenvalue weighted by atomic mass is 9.98. The molecular weight excluding hydrogens is 885 g/mol. The molecule has 0 fully saturated rings. The molecule has 2 heterocycles. The number of anilines is 3. The minimum absolute atomic E-state index is 0.910. The topological polar surface area (TPSA) is 21.3 Å². The highest BCUT2D eigenvalue weighted by molar-refractivity contribution is 6.10. The third-order valence-corrected chi connectivity index (χ3v) is 14.6. The number of nitrogens with zero attached hydrogens (tertiary/aromatic N) is 2. The predicted molar refractivity (Wildman–Crippen MR) is 307 cm³/mol. The Morgan fingerprint density at radius 1 is 0.247 bits per heavy atom. The van der Waals surface area contributed by atoms with Gasteiger partial charge >= 0.3 is 0 Å². The molecule has 14 aromatic rings. The maximum atomic E-state index is 6.10. The normalized spacial score (nSPS) is 11.6. The van der Waals surface area contributed by atoms with Crippen molar-refractivity contribution in [1.82, 2.24) is 4.57 Å². The fourth-order valence-corrected chi connectivity index (χ4v) is 10.8. The molecule has 14 rings (SSSR count). The minimum atomic E-state index is 0.910. The molecule has 0 radical (unpaired) electrons. The van der Waals surface area contributed by atoms with Gasteiger partial charge in [0.15, 0.2) is 0 Å². The molecule has 0 N–H and O–H groups in total. The summed E-state index contributed by atoms with van der Waals surface area (Å²) in [4.78, 5) is 2.35. The van der Waals surface area contributed by atoms with Crippen LogP contribution in [0.15, 0.2) is 283 Å². The summed E-state index contributed by atoms with van der Waals surface area (Å²) in [5, 5.41) is 7.27. The van der Waals surface area contributed by atoms with Crippen LogP contribution in [0, 0.1) is 0 Å². The van der Waals surface area contributed by atoms with Crippen molar-refractivity contribution in [3.05, 3.63) is 279 Å². The molecule has 0 spiro atoms. The van der Waals surface area contributed by atoms with Gasteiger partial charge in [0.2, 0.25) is 0 Å². The van der Waals surface area contributed by atoms with E-state index in [0.29, 0.717) is 0 Å². The largest absolute Gasteiger partial charge is 0.456 e. The van der Waals surface area contributed by atoms with Crippen LogP contribution in [0.3, 0.4) is 0 Å². The van der Waals surface area contributed by atoms with Gasteiger partial charge in [-0.05, 0) is 157 Å². The Morgan fingerprint density at radius 3 is 1.25 bits per heavy atom. The van der Waals surface area contributed by atoms with Crippen molar-refractivity contribution in [3.8, 4) is 61.3 Å². The minimum Gasteiger partial charge on any atom is -0.456 e. The lowest BCUT2D eigenvalue weighted by molar-refractivity contribution is 0.669. The number of benzene rings is 12. The van der Waals surface area contributed by atoms with E-state index in [1.807, 2.05) is 12.1 Å². The molecule has 3 nitrogen and oxygen atoms in total. The number of furan rings is 1. The van der Waals surface area contributed by atoms with E-state index in [1.165, 1.54) is 88.3 Å². The highest BCUT2D eigenvalue weighted by Gasteiger charge is 2.17. The zero-order chi connectivity index (χ0) is 48.2. The Morgan fingerprint density at radius 2 is 0.644 bits per heavy atom. The molecule has 12 aromatic carbocycles. The molecular formula is C70H46N2O. The van der Waals surface area contributed by atoms with Gasteiger partial charge in [-0.3, -0.25) is 0 Å². The average Bonchev–Trinajstić information content (AvgIpc) is 4.02. The second-order valence-corrected chi connectivity index (χ2v) is 18.9.